The van der Waals surface area contributed by atoms with Crippen LogP contribution in [0.1, 0.15) is 30.7 Å². The number of thiophene rings is 1. The molecule has 3 rings (SSSR count). The Bertz CT molecular complexity index is 860. The smallest absolute Gasteiger partial charge is 0.249 e. The highest BCUT2D eigenvalue weighted by atomic mass is 32.1. The van der Waals surface area contributed by atoms with Crippen molar-refractivity contribution in [2.45, 2.75) is 32.2 Å². The third-order valence-electron chi connectivity index (χ3n) is 4.06. The first kappa shape index (κ1) is 18.8. The van der Waals surface area contributed by atoms with Crippen molar-refractivity contribution in [2.75, 3.05) is 10.6 Å². The standard InChI is InChI=1S/C19H21N5O2S/c1-14(24-13-20-12-21-24)19(26)23-16-9-7-15(8-10-16)22-18(25)6-2-4-17-5-3-11-27-17/h3,5,7-14H,2,4,6H2,1H3,(H,22,25)(H,23,26)/t14-/m1/s1. The van der Waals surface area contributed by atoms with Crippen LogP contribution in [-0.4, -0.2) is 26.6 Å². The number of aromatic nitrogens is 3. The molecule has 0 spiro atoms. The Morgan fingerprint density at radius 1 is 1.15 bits per heavy atom. The van der Waals surface area contributed by atoms with Crippen molar-refractivity contribution < 1.29 is 9.59 Å². The zero-order valence-corrected chi connectivity index (χ0v) is 15.8. The first-order chi connectivity index (χ1) is 13.1. The van der Waals surface area contributed by atoms with Gasteiger partial charge in [0, 0.05) is 22.7 Å². The van der Waals surface area contributed by atoms with E-state index in [1.54, 1.807) is 42.5 Å². The molecule has 0 radical (unpaired) electrons. The summed E-state index contributed by atoms with van der Waals surface area (Å²) in [4.78, 5) is 29.4. The summed E-state index contributed by atoms with van der Waals surface area (Å²) >= 11 is 1.71. The summed E-state index contributed by atoms with van der Waals surface area (Å²) in [5, 5.41) is 11.7. The van der Waals surface area contributed by atoms with Gasteiger partial charge >= 0.3 is 0 Å². The summed E-state index contributed by atoms with van der Waals surface area (Å²) in [7, 11) is 0. The zero-order chi connectivity index (χ0) is 19.1. The summed E-state index contributed by atoms with van der Waals surface area (Å²) in [6, 6.07) is 10.7. The monoisotopic (exact) mass is 383 g/mol. The number of aryl methyl sites for hydroxylation is 1. The van der Waals surface area contributed by atoms with Crippen LogP contribution in [0.5, 0.6) is 0 Å². The molecular weight excluding hydrogens is 362 g/mol. The minimum absolute atomic E-state index is 0.0110. The predicted molar refractivity (Wildman–Crippen MR) is 106 cm³/mol. The maximum atomic E-state index is 12.2. The van der Waals surface area contributed by atoms with Crippen LogP contribution in [0.3, 0.4) is 0 Å². The molecular formula is C19H21N5O2S. The average Bonchev–Trinajstić information content (AvgIpc) is 3.36. The van der Waals surface area contributed by atoms with E-state index in [9.17, 15) is 9.59 Å². The Morgan fingerprint density at radius 2 is 1.89 bits per heavy atom. The van der Waals surface area contributed by atoms with E-state index in [-0.39, 0.29) is 11.8 Å². The fourth-order valence-corrected chi connectivity index (χ4v) is 3.27. The van der Waals surface area contributed by atoms with E-state index in [0.29, 0.717) is 17.8 Å². The Labute approximate surface area is 161 Å². The van der Waals surface area contributed by atoms with Gasteiger partial charge in [0.05, 0.1) is 0 Å². The summed E-state index contributed by atoms with van der Waals surface area (Å²) in [5.74, 6) is -0.200. The fourth-order valence-electron chi connectivity index (χ4n) is 2.52. The third-order valence-corrected chi connectivity index (χ3v) is 4.99. The third kappa shape index (κ3) is 5.49. The average molecular weight is 383 g/mol. The number of nitrogens with one attached hydrogen (secondary N) is 2. The van der Waals surface area contributed by atoms with Crippen molar-refractivity contribution in [3.8, 4) is 0 Å². The highest BCUT2D eigenvalue weighted by Crippen LogP contribution is 2.16. The molecule has 2 aromatic heterocycles. The molecule has 0 saturated heterocycles. The van der Waals surface area contributed by atoms with Gasteiger partial charge in [-0.05, 0) is 55.5 Å². The molecule has 0 unspecified atom stereocenters. The molecule has 2 amide bonds. The quantitative estimate of drug-likeness (QED) is 0.623. The van der Waals surface area contributed by atoms with Crippen LogP contribution in [0.4, 0.5) is 11.4 Å². The van der Waals surface area contributed by atoms with Gasteiger partial charge in [-0.1, -0.05) is 6.07 Å². The number of amides is 2. The van der Waals surface area contributed by atoms with E-state index in [1.807, 2.05) is 11.4 Å². The second-order valence-corrected chi connectivity index (χ2v) is 7.13. The minimum atomic E-state index is -0.463. The molecule has 0 aliphatic heterocycles. The molecule has 140 valence electrons. The van der Waals surface area contributed by atoms with E-state index < -0.39 is 6.04 Å². The van der Waals surface area contributed by atoms with E-state index >= 15 is 0 Å². The minimum Gasteiger partial charge on any atom is -0.326 e. The molecule has 0 aliphatic rings. The molecule has 8 heteroatoms. The van der Waals surface area contributed by atoms with Crippen molar-refractivity contribution in [3.63, 3.8) is 0 Å². The molecule has 1 aromatic carbocycles. The van der Waals surface area contributed by atoms with Gasteiger partial charge < -0.3 is 10.6 Å². The first-order valence-electron chi connectivity index (χ1n) is 8.69. The van der Waals surface area contributed by atoms with Crippen molar-refractivity contribution >= 4 is 34.5 Å². The van der Waals surface area contributed by atoms with Gasteiger partial charge in [0.2, 0.25) is 11.8 Å². The number of anilines is 2. The Balaban J connectivity index is 1.45. The second-order valence-electron chi connectivity index (χ2n) is 6.10. The number of carbonyl (C=O) groups is 2. The highest BCUT2D eigenvalue weighted by molar-refractivity contribution is 7.09. The largest absolute Gasteiger partial charge is 0.326 e. The van der Waals surface area contributed by atoms with Gasteiger partial charge in [0.1, 0.15) is 18.7 Å². The van der Waals surface area contributed by atoms with Gasteiger partial charge in [-0.2, -0.15) is 5.10 Å². The fraction of sp³-hybridized carbons (Fsp3) is 0.263. The molecule has 2 N–H and O–H groups in total. The molecule has 7 nitrogen and oxygen atoms in total. The maximum Gasteiger partial charge on any atom is 0.249 e. The molecule has 1 atom stereocenters. The number of hydrogen-bond donors (Lipinski definition) is 2. The lowest BCUT2D eigenvalue weighted by atomic mass is 10.2. The zero-order valence-electron chi connectivity index (χ0n) is 15.0. The Kier molecular flexibility index (Phi) is 6.32. The van der Waals surface area contributed by atoms with E-state index in [1.165, 1.54) is 22.2 Å². The van der Waals surface area contributed by atoms with Crippen molar-refractivity contribution in [1.29, 1.82) is 0 Å². The van der Waals surface area contributed by atoms with E-state index in [4.69, 9.17) is 0 Å². The van der Waals surface area contributed by atoms with Crippen LogP contribution in [0.25, 0.3) is 0 Å². The number of carbonyl (C=O) groups excluding carboxylic acids is 2. The first-order valence-corrected chi connectivity index (χ1v) is 9.57. The van der Waals surface area contributed by atoms with Crippen molar-refractivity contribution in [1.82, 2.24) is 14.8 Å². The van der Waals surface area contributed by atoms with Crippen LogP contribution < -0.4 is 10.6 Å². The summed E-state index contributed by atoms with van der Waals surface area (Å²) in [6.45, 7) is 1.74. The molecule has 2 heterocycles. The van der Waals surface area contributed by atoms with Crippen LogP contribution in [0, 0.1) is 0 Å². The van der Waals surface area contributed by atoms with Crippen molar-refractivity contribution in [2.24, 2.45) is 0 Å². The summed E-state index contributed by atoms with van der Waals surface area (Å²) < 4.78 is 1.49. The Hall–Kier alpha value is -3.00. The van der Waals surface area contributed by atoms with Gasteiger partial charge in [-0.3, -0.25) is 9.59 Å². The van der Waals surface area contributed by atoms with Gasteiger partial charge in [0.15, 0.2) is 0 Å². The normalized spacial score (nSPS) is 11.7. The molecule has 0 fully saturated rings. The summed E-state index contributed by atoms with van der Waals surface area (Å²) in [5.41, 5.74) is 1.36. The number of hydrogen-bond acceptors (Lipinski definition) is 5. The number of nitrogens with zero attached hydrogens (tertiary/aromatic N) is 3. The molecule has 27 heavy (non-hydrogen) atoms. The SMILES string of the molecule is C[C@H](C(=O)Nc1ccc(NC(=O)CCCc2cccs2)cc1)n1cncn1. The van der Waals surface area contributed by atoms with Crippen LogP contribution >= 0.6 is 11.3 Å². The topological polar surface area (TPSA) is 88.9 Å². The lowest BCUT2D eigenvalue weighted by Gasteiger charge is -2.12. The van der Waals surface area contributed by atoms with Gasteiger partial charge in [-0.15, -0.1) is 11.3 Å². The molecule has 3 aromatic rings. The van der Waals surface area contributed by atoms with E-state index in [2.05, 4.69) is 26.8 Å². The van der Waals surface area contributed by atoms with E-state index in [0.717, 1.165) is 12.8 Å². The van der Waals surface area contributed by atoms with Gasteiger partial charge in [0.25, 0.3) is 0 Å². The number of rotatable bonds is 8. The predicted octanol–water partition coefficient (Wildman–Crippen LogP) is 3.50. The Morgan fingerprint density at radius 3 is 2.52 bits per heavy atom. The molecule has 0 aliphatic carbocycles. The van der Waals surface area contributed by atoms with Crippen LogP contribution in [-0.2, 0) is 16.0 Å². The summed E-state index contributed by atoms with van der Waals surface area (Å²) in [6.07, 6.45) is 5.11. The van der Waals surface area contributed by atoms with Crippen LogP contribution in [0.2, 0.25) is 0 Å². The lowest BCUT2D eigenvalue weighted by Crippen LogP contribution is -2.24. The maximum absolute atomic E-state index is 12.2. The molecule has 0 saturated carbocycles. The lowest BCUT2D eigenvalue weighted by molar-refractivity contribution is -0.119. The van der Waals surface area contributed by atoms with Crippen molar-refractivity contribution in [3.05, 3.63) is 59.3 Å². The highest BCUT2D eigenvalue weighted by Gasteiger charge is 2.15. The van der Waals surface area contributed by atoms with Gasteiger partial charge in [-0.25, -0.2) is 9.67 Å². The number of benzene rings is 1. The van der Waals surface area contributed by atoms with Crippen LogP contribution in [0.15, 0.2) is 54.4 Å². The second kappa shape index (κ2) is 9.09. The molecule has 0 bridgehead atoms.